The van der Waals surface area contributed by atoms with Crippen LogP contribution in [-0.4, -0.2) is 59.7 Å². The summed E-state index contributed by atoms with van der Waals surface area (Å²) in [6.07, 6.45) is 0.437. The highest BCUT2D eigenvalue weighted by Crippen LogP contribution is 2.38. The van der Waals surface area contributed by atoms with Crippen LogP contribution in [-0.2, 0) is 9.59 Å². The van der Waals surface area contributed by atoms with Gasteiger partial charge in [0.1, 0.15) is 11.4 Å². The Balaban J connectivity index is 0.000000174. The van der Waals surface area contributed by atoms with Crippen molar-refractivity contribution in [1.82, 2.24) is 9.78 Å². The fraction of sp³-hybridized carbons (Fsp3) is 0.213. The number of nitrogens with one attached hydrogen (secondary N) is 1. The number of rotatable bonds is 6. The number of phenolic OH excluding ortho intramolecular Hbond substituents is 1. The van der Waals surface area contributed by atoms with Gasteiger partial charge in [0.25, 0.3) is 11.5 Å². The van der Waals surface area contributed by atoms with Crippen molar-refractivity contribution in [2.75, 3.05) is 10.0 Å². The molecular formula is C47H46N10O6. The zero-order valence-electron chi connectivity index (χ0n) is 36.3. The number of aromatic nitrogens is 2. The Morgan fingerprint density at radius 3 is 1.71 bits per heavy atom. The van der Waals surface area contributed by atoms with Crippen molar-refractivity contribution in [2.45, 2.75) is 68.7 Å². The third-order valence-corrected chi connectivity index (χ3v) is 10.7. The van der Waals surface area contributed by atoms with E-state index in [4.69, 9.17) is 5.53 Å². The van der Waals surface area contributed by atoms with Crippen LogP contribution in [0.15, 0.2) is 110 Å². The Hall–Kier alpha value is -8.10. The Morgan fingerprint density at radius 2 is 1.21 bits per heavy atom. The molecule has 8 rings (SSSR count). The molecule has 1 aromatic heterocycles. The van der Waals surface area contributed by atoms with Gasteiger partial charge in [0, 0.05) is 11.1 Å². The molecule has 6 aromatic rings. The van der Waals surface area contributed by atoms with Gasteiger partial charge in [-0.1, -0.05) is 42.5 Å². The van der Waals surface area contributed by atoms with E-state index < -0.39 is 11.9 Å². The molecule has 0 saturated heterocycles. The number of H-pyrrole nitrogens is 1. The number of hydrogen-bond donors (Lipinski definition) is 3. The van der Waals surface area contributed by atoms with E-state index in [9.17, 15) is 29.4 Å². The number of hydrogen-bond acceptors (Lipinski definition) is 9. The molecule has 16 nitrogen and oxygen atoms in total. The number of carbonyl (C=O) groups excluding carboxylic acids is 2. The number of fused-ring (bicyclic) bond motifs is 1. The minimum atomic E-state index is -1.16. The van der Waals surface area contributed by atoms with Crippen LogP contribution in [0.1, 0.15) is 69.7 Å². The molecule has 16 heteroatoms. The van der Waals surface area contributed by atoms with E-state index >= 15 is 0 Å². The molecule has 3 N–H and O–H groups in total. The number of azo groups is 1. The number of carbonyl (C=O) groups is 3. The smallest absolute Gasteiger partial charge is 0.404 e. The highest BCUT2D eigenvalue weighted by Gasteiger charge is 2.37. The highest BCUT2D eigenvalue weighted by atomic mass is 16.4. The fourth-order valence-electron chi connectivity index (χ4n) is 6.69. The van der Waals surface area contributed by atoms with E-state index in [1.807, 2.05) is 96.1 Å². The van der Waals surface area contributed by atoms with Gasteiger partial charge in [-0.05, 0) is 144 Å². The van der Waals surface area contributed by atoms with Crippen molar-refractivity contribution in [3.8, 4) is 11.4 Å². The summed E-state index contributed by atoms with van der Waals surface area (Å²) in [5.74, 6) is -1.85. The summed E-state index contributed by atoms with van der Waals surface area (Å²) >= 11 is 0. The lowest BCUT2D eigenvalue weighted by molar-refractivity contribution is -0.117. The van der Waals surface area contributed by atoms with E-state index in [-0.39, 0.29) is 39.9 Å². The van der Waals surface area contributed by atoms with Crippen molar-refractivity contribution in [1.29, 1.82) is 0 Å². The van der Waals surface area contributed by atoms with Gasteiger partial charge >= 0.3 is 17.6 Å². The quantitative estimate of drug-likeness (QED) is 0.109. The first-order chi connectivity index (χ1) is 29.9. The van der Waals surface area contributed by atoms with Crippen LogP contribution in [0.4, 0.5) is 22.7 Å². The predicted molar refractivity (Wildman–Crippen MR) is 244 cm³/mol. The van der Waals surface area contributed by atoms with Gasteiger partial charge in [-0.2, -0.15) is 20.0 Å². The summed E-state index contributed by atoms with van der Waals surface area (Å²) < 4.78 is 1.39. The van der Waals surface area contributed by atoms with Gasteiger partial charge in [-0.25, -0.2) is 14.5 Å². The number of hydrazone groups is 2. The van der Waals surface area contributed by atoms with Crippen molar-refractivity contribution in [2.24, 2.45) is 20.4 Å². The number of amides is 2. The van der Waals surface area contributed by atoms with Gasteiger partial charge in [0.15, 0.2) is 11.4 Å². The van der Waals surface area contributed by atoms with Crippen LogP contribution in [0.3, 0.4) is 0 Å². The van der Waals surface area contributed by atoms with Crippen molar-refractivity contribution >= 4 is 68.4 Å². The van der Waals surface area contributed by atoms with E-state index in [2.05, 4.69) is 37.2 Å². The second-order valence-electron chi connectivity index (χ2n) is 15.3. The summed E-state index contributed by atoms with van der Waals surface area (Å²) in [7, 11) is 0. The molecular weight excluding hydrogens is 801 g/mol. The average Bonchev–Trinajstić information content (AvgIpc) is 3.85. The Labute approximate surface area is 362 Å². The van der Waals surface area contributed by atoms with Gasteiger partial charge in [0.05, 0.1) is 34.7 Å². The van der Waals surface area contributed by atoms with Crippen LogP contribution in [0.25, 0.3) is 22.0 Å². The van der Waals surface area contributed by atoms with Gasteiger partial charge in [-0.3, -0.25) is 19.5 Å². The fourth-order valence-corrected chi connectivity index (χ4v) is 6.69. The topological polar surface area (TPSA) is 222 Å². The van der Waals surface area contributed by atoms with Crippen LogP contribution in [0.5, 0.6) is 5.75 Å². The third-order valence-electron chi connectivity index (χ3n) is 10.7. The van der Waals surface area contributed by atoms with Gasteiger partial charge in [-0.15, -0.1) is 10.2 Å². The maximum absolute atomic E-state index is 12.9. The molecule has 0 atom stereocenters. The molecule has 2 aliphatic heterocycles. The van der Waals surface area contributed by atoms with Crippen LogP contribution >= 0.6 is 0 Å². The zero-order valence-corrected chi connectivity index (χ0v) is 36.3. The maximum atomic E-state index is 12.9. The van der Waals surface area contributed by atoms with Crippen molar-refractivity contribution in [3.05, 3.63) is 145 Å². The lowest BCUT2D eigenvalue weighted by Crippen LogP contribution is -2.27. The molecule has 0 saturated carbocycles. The van der Waals surface area contributed by atoms with E-state index in [0.717, 1.165) is 39.7 Å². The first-order valence-electron chi connectivity index (χ1n) is 19.8. The summed E-state index contributed by atoms with van der Waals surface area (Å²) in [6.45, 7) is 17.2. The lowest BCUT2D eigenvalue weighted by atomic mass is 10.0. The number of aromatic amines is 1. The zero-order chi connectivity index (χ0) is 45.9. The molecule has 2 amide bonds. The standard InChI is InChI=1S/C23H20N4O4.C12H12N4O.C12H14N2O/c1-12-8-9-15(10-13(12)2)27-22(29)20(14(3)26-27)24-25-21-17-7-5-4-6-16(17)18(23(30)31)11-19(21)28;1-7-4-5-10(6-8(7)2)16-12(17)11(14-13)9(3)15-16;1-8-4-5-11(6-9(8)2)14-12(15)7-10(3)13-14/h4-11,26,28H,1-3H3,(H,30,31);4-6H,1-3H3;4-6H,7H2,1-3H3. The number of carboxylic acids is 1. The van der Waals surface area contributed by atoms with E-state index in [1.165, 1.54) is 25.8 Å². The number of anilines is 2. The molecule has 3 heterocycles. The monoisotopic (exact) mass is 846 g/mol. The van der Waals surface area contributed by atoms with Crippen LogP contribution < -0.4 is 15.6 Å². The van der Waals surface area contributed by atoms with Gasteiger partial charge in [0.2, 0.25) is 0 Å². The second-order valence-corrected chi connectivity index (χ2v) is 15.3. The Bertz CT molecular complexity index is 3060. The first kappa shape index (κ1) is 44.5. The van der Waals surface area contributed by atoms with Gasteiger partial charge < -0.3 is 15.7 Å². The predicted octanol–water partition coefficient (Wildman–Crippen LogP) is 9.18. The number of nitrogens with zero attached hydrogens (tertiary/aromatic N) is 9. The molecule has 0 unspecified atom stereocenters. The third kappa shape index (κ3) is 9.31. The second kappa shape index (κ2) is 18.3. The van der Waals surface area contributed by atoms with E-state index in [0.29, 0.717) is 40.0 Å². The molecule has 0 aliphatic carbocycles. The Kier molecular flexibility index (Phi) is 12.9. The van der Waals surface area contributed by atoms with E-state index in [1.54, 1.807) is 38.1 Å². The highest BCUT2D eigenvalue weighted by molar-refractivity contribution is 6.69. The summed E-state index contributed by atoms with van der Waals surface area (Å²) in [4.78, 5) is 50.9. The minimum absolute atomic E-state index is 0.0109. The first-order valence-corrected chi connectivity index (χ1v) is 19.8. The SMILES string of the molecule is CC1=NN(c2ccc(C)c(C)c2)C(=O)C1.CC1=NN(c2ccc(C)c(C)c2)C(=O)C1=[N+]=[N-].Cc1ccc(-n2[nH]c(C)c(N=Nc3c(O)cc(C(=O)O)c4ccccc34)c2=O)cc1C. The number of aromatic carboxylic acids is 1. The van der Waals surface area contributed by atoms with Crippen molar-refractivity contribution in [3.63, 3.8) is 0 Å². The Morgan fingerprint density at radius 1 is 0.683 bits per heavy atom. The molecule has 0 fully saturated rings. The molecule has 0 spiro atoms. The summed E-state index contributed by atoms with van der Waals surface area (Å²) in [5, 5.41) is 42.9. The molecule has 63 heavy (non-hydrogen) atoms. The summed E-state index contributed by atoms with van der Waals surface area (Å²) in [5.41, 5.74) is 19.3. The normalized spacial score (nSPS) is 13.4. The molecule has 320 valence electrons. The molecule has 2 aliphatic rings. The minimum Gasteiger partial charge on any atom is -0.506 e. The largest absolute Gasteiger partial charge is 0.506 e. The lowest BCUT2D eigenvalue weighted by Gasteiger charge is -2.13. The molecule has 5 aromatic carbocycles. The number of aromatic hydroxyl groups is 1. The molecule has 0 bridgehead atoms. The van der Waals surface area contributed by atoms with Crippen molar-refractivity contribution < 1.29 is 29.4 Å². The average molecular weight is 847 g/mol. The number of benzene rings is 5. The maximum Gasteiger partial charge on any atom is 0.404 e. The number of phenols is 1. The summed E-state index contributed by atoms with van der Waals surface area (Å²) in [6, 6.07) is 25.1. The number of carboxylic acid groups (broad SMARTS) is 1. The number of aryl methyl sites for hydroxylation is 7. The molecule has 0 radical (unpaired) electrons. The van der Waals surface area contributed by atoms with Crippen LogP contribution in [0.2, 0.25) is 0 Å². The van der Waals surface area contributed by atoms with Crippen LogP contribution in [0, 0.1) is 48.5 Å².